The fourth-order valence-corrected chi connectivity index (χ4v) is 4.44. The molecular formula is C15H24N2O2S. The lowest BCUT2D eigenvalue weighted by Gasteiger charge is -2.42. The summed E-state index contributed by atoms with van der Waals surface area (Å²) in [7, 11) is 0. The van der Waals surface area contributed by atoms with E-state index in [1.54, 1.807) is 0 Å². The number of rotatable bonds is 3. The maximum atomic E-state index is 6.26. The Hall–Kier alpha value is -0.460. The van der Waals surface area contributed by atoms with Crippen molar-refractivity contribution in [2.45, 2.75) is 44.6 Å². The molecule has 3 heterocycles. The van der Waals surface area contributed by atoms with Crippen LogP contribution in [0.5, 0.6) is 0 Å². The summed E-state index contributed by atoms with van der Waals surface area (Å²) in [6, 6.07) is 4.85. The zero-order valence-electron chi connectivity index (χ0n) is 12.3. The fraction of sp³-hybridized carbons (Fsp3) is 0.733. The monoisotopic (exact) mass is 296 g/mol. The first-order valence-electron chi connectivity index (χ1n) is 7.43. The largest absolute Gasteiger partial charge is 0.347 e. The van der Waals surface area contributed by atoms with Gasteiger partial charge in [-0.25, -0.2) is 0 Å². The standard InChI is InChI=1S/C15H24N2O2S/c1-11-3-4-13(20-11)14(12(2)16)17-7-5-15(6-8-17)18-9-10-19-15/h3-4,12,14H,5-10,16H2,1-2H3. The summed E-state index contributed by atoms with van der Waals surface area (Å²) < 4.78 is 11.6. The number of hydrogen-bond donors (Lipinski definition) is 1. The third-order valence-electron chi connectivity index (χ3n) is 4.32. The second kappa shape index (κ2) is 5.73. The molecule has 2 aliphatic rings. The Kier molecular flexibility index (Phi) is 4.15. The molecule has 20 heavy (non-hydrogen) atoms. The van der Waals surface area contributed by atoms with Crippen LogP contribution in [0.4, 0.5) is 0 Å². The van der Waals surface area contributed by atoms with Crippen LogP contribution in [0.2, 0.25) is 0 Å². The van der Waals surface area contributed by atoms with Crippen molar-refractivity contribution in [3.63, 3.8) is 0 Å². The van der Waals surface area contributed by atoms with Gasteiger partial charge in [0.05, 0.1) is 19.3 Å². The molecule has 1 spiro atoms. The number of piperidine rings is 1. The van der Waals surface area contributed by atoms with Gasteiger partial charge >= 0.3 is 0 Å². The predicted molar refractivity (Wildman–Crippen MR) is 80.9 cm³/mol. The Morgan fingerprint density at radius 1 is 1.25 bits per heavy atom. The normalized spacial score (nSPS) is 25.9. The van der Waals surface area contributed by atoms with Crippen molar-refractivity contribution in [2.24, 2.45) is 5.73 Å². The summed E-state index contributed by atoms with van der Waals surface area (Å²) in [5.41, 5.74) is 6.26. The Bertz CT molecular complexity index is 444. The van der Waals surface area contributed by atoms with Gasteiger partial charge in [0.1, 0.15) is 0 Å². The molecule has 0 amide bonds. The molecule has 2 unspecified atom stereocenters. The van der Waals surface area contributed by atoms with Gasteiger partial charge in [0.25, 0.3) is 0 Å². The third kappa shape index (κ3) is 2.78. The summed E-state index contributed by atoms with van der Waals surface area (Å²) in [5.74, 6) is -0.301. The van der Waals surface area contributed by atoms with Gasteiger partial charge < -0.3 is 15.2 Å². The molecule has 1 aromatic rings. The van der Waals surface area contributed by atoms with Gasteiger partial charge in [-0.15, -0.1) is 11.3 Å². The van der Waals surface area contributed by atoms with Crippen molar-refractivity contribution < 1.29 is 9.47 Å². The van der Waals surface area contributed by atoms with E-state index < -0.39 is 0 Å². The second-order valence-corrected chi connectivity index (χ2v) is 7.22. The lowest BCUT2D eigenvalue weighted by atomic mass is 9.98. The number of nitrogens with two attached hydrogens (primary N) is 1. The highest BCUT2D eigenvalue weighted by Crippen LogP contribution is 2.37. The zero-order chi connectivity index (χ0) is 14.2. The topological polar surface area (TPSA) is 47.7 Å². The van der Waals surface area contributed by atoms with E-state index >= 15 is 0 Å². The minimum absolute atomic E-state index is 0.132. The van der Waals surface area contributed by atoms with Crippen LogP contribution < -0.4 is 5.73 Å². The van der Waals surface area contributed by atoms with Crippen LogP contribution in [-0.4, -0.2) is 43.0 Å². The van der Waals surface area contributed by atoms with E-state index in [-0.39, 0.29) is 11.8 Å². The molecule has 0 bridgehead atoms. The number of ether oxygens (including phenoxy) is 2. The summed E-state index contributed by atoms with van der Waals surface area (Å²) in [5, 5.41) is 0. The van der Waals surface area contributed by atoms with Crippen molar-refractivity contribution in [3.8, 4) is 0 Å². The van der Waals surface area contributed by atoms with Crippen LogP contribution in [0.15, 0.2) is 12.1 Å². The Labute approximate surface area is 124 Å². The first-order valence-corrected chi connectivity index (χ1v) is 8.25. The van der Waals surface area contributed by atoms with Gasteiger partial charge in [0.15, 0.2) is 5.79 Å². The van der Waals surface area contributed by atoms with E-state index in [0.29, 0.717) is 6.04 Å². The van der Waals surface area contributed by atoms with Gasteiger partial charge in [-0.3, -0.25) is 4.90 Å². The van der Waals surface area contributed by atoms with Gasteiger partial charge in [-0.2, -0.15) is 0 Å². The number of hydrogen-bond acceptors (Lipinski definition) is 5. The number of thiophene rings is 1. The summed E-state index contributed by atoms with van der Waals surface area (Å²) in [6.07, 6.45) is 1.89. The lowest BCUT2D eigenvalue weighted by Crippen LogP contribution is -2.49. The van der Waals surface area contributed by atoms with Crippen LogP contribution in [-0.2, 0) is 9.47 Å². The molecule has 1 aromatic heterocycles. The van der Waals surface area contributed by atoms with E-state index in [2.05, 4.69) is 30.9 Å². The van der Waals surface area contributed by atoms with E-state index in [1.165, 1.54) is 9.75 Å². The minimum Gasteiger partial charge on any atom is -0.347 e. The molecule has 3 rings (SSSR count). The minimum atomic E-state index is -0.301. The Morgan fingerprint density at radius 3 is 2.40 bits per heavy atom. The van der Waals surface area contributed by atoms with Gasteiger partial charge in [0, 0.05) is 41.7 Å². The lowest BCUT2D eigenvalue weighted by molar-refractivity contribution is -0.188. The van der Waals surface area contributed by atoms with Crippen LogP contribution in [0, 0.1) is 6.92 Å². The fourth-order valence-electron chi connectivity index (χ4n) is 3.31. The molecule has 0 aliphatic carbocycles. The molecule has 2 atom stereocenters. The number of nitrogens with zero attached hydrogens (tertiary/aromatic N) is 1. The Morgan fingerprint density at radius 2 is 1.90 bits per heavy atom. The second-order valence-electron chi connectivity index (χ2n) is 5.90. The smallest absolute Gasteiger partial charge is 0.170 e. The van der Waals surface area contributed by atoms with Gasteiger partial charge in [0.2, 0.25) is 0 Å². The summed E-state index contributed by atoms with van der Waals surface area (Å²) in [6.45, 7) is 7.71. The van der Waals surface area contributed by atoms with Crippen molar-refractivity contribution in [1.29, 1.82) is 0 Å². The van der Waals surface area contributed by atoms with E-state index in [1.807, 2.05) is 11.3 Å². The molecule has 2 fully saturated rings. The van der Waals surface area contributed by atoms with Gasteiger partial charge in [-0.1, -0.05) is 0 Å². The first kappa shape index (κ1) is 14.5. The van der Waals surface area contributed by atoms with Crippen molar-refractivity contribution in [3.05, 3.63) is 21.9 Å². The number of aryl methyl sites for hydroxylation is 1. The number of likely N-dealkylation sites (tertiary alicyclic amines) is 1. The SMILES string of the molecule is Cc1ccc(C(C(C)N)N2CCC3(CC2)OCCO3)s1. The molecule has 0 aromatic carbocycles. The summed E-state index contributed by atoms with van der Waals surface area (Å²) >= 11 is 1.86. The molecule has 2 N–H and O–H groups in total. The molecule has 0 saturated carbocycles. The zero-order valence-corrected chi connectivity index (χ0v) is 13.1. The van der Waals surface area contributed by atoms with E-state index in [4.69, 9.17) is 15.2 Å². The van der Waals surface area contributed by atoms with E-state index in [9.17, 15) is 0 Å². The molecule has 0 radical (unpaired) electrons. The third-order valence-corrected chi connectivity index (χ3v) is 5.39. The molecule has 5 heteroatoms. The van der Waals surface area contributed by atoms with Crippen LogP contribution in [0.25, 0.3) is 0 Å². The van der Waals surface area contributed by atoms with Crippen LogP contribution >= 0.6 is 11.3 Å². The van der Waals surface area contributed by atoms with Crippen molar-refractivity contribution in [2.75, 3.05) is 26.3 Å². The molecular weight excluding hydrogens is 272 g/mol. The molecule has 2 saturated heterocycles. The van der Waals surface area contributed by atoms with Crippen LogP contribution in [0.3, 0.4) is 0 Å². The van der Waals surface area contributed by atoms with Crippen molar-refractivity contribution in [1.82, 2.24) is 4.90 Å². The average Bonchev–Trinajstić information content (AvgIpc) is 3.02. The predicted octanol–water partition coefficient (Wildman–Crippen LogP) is 2.28. The van der Waals surface area contributed by atoms with E-state index in [0.717, 1.165) is 39.1 Å². The van der Waals surface area contributed by atoms with Crippen LogP contribution in [0.1, 0.15) is 35.6 Å². The highest BCUT2D eigenvalue weighted by Gasteiger charge is 2.41. The van der Waals surface area contributed by atoms with Crippen molar-refractivity contribution >= 4 is 11.3 Å². The highest BCUT2D eigenvalue weighted by molar-refractivity contribution is 7.12. The molecule has 2 aliphatic heterocycles. The summed E-state index contributed by atoms with van der Waals surface area (Å²) in [4.78, 5) is 5.22. The Balaban J connectivity index is 1.70. The molecule has 4 nitrogen and oxygen atoms in total. The maximum Gasteiger partial charge on any atom is 0.170 e. The average molecular weight is 296 g/mol. The molecule has 112 valence electrons. The highest BCUT2D eigenvalue weighted by atomic mass is 32.1. The quantitative estimate of drug-likeness (QED) is 0.929. The van der Waals surface area contributed by atoms with Gasteiger partial charge in [-0.05, 0) is 26.0 Å². The maximum absolute atomic E-state index is 6.26. The first-order chi connectivity index (χ1) is 9.60.